The van der Waals surface area contributed by atoms with E-state index in [1.54, 1.807) is 6.92 Å². The smallest absolute Gasteiger partial charge is 0.239 e. The second-order valence-electron chi connectivity index (χ2n) is 4.66. The molecule has 0 bridgehead atoms. The number of carbonyl (C=O) groups excluding carboxylic acids is 1. The molecule has 82 valence electrons. The molecule has 0 heterocycles. The van der Waals surface area contributed by atoms with Crippen molar-refractivity contribution in [1.29, 1.82) is 0 Å². The number of likely N-dealkylation sites (N-methyl/N-ethyl adjacent to an activating group) is 1. The number of amides is 1. The van der Waals surface area contributed by atoms with E-state index in [0.717, 1.165) is 18.8 Å². The van der Waals surface area contributed by atoms with Crippen LogP contribution in [0.3, 0.4) is 0 Å². The van der Waals surface area contributed by atoms with Crippen molar-refractivity contribution < 1.29 is 4.79 Å². The molecular weight excluding hydrogens is 176 g/mol. The molecule has 0 aliphatic heterocycles. The van der Waals surface area contributed by atoms with E-state index < -0.39 is 0 Å². The Bertz CT molecular complexity index is 203. The van der Waals surface area contributed by atoms with Crippen LogP contribution in [0.5, 0.6) is 0 Å². The number of hydrogen-bond donors (Lipinski definition) is 1. The van der Waals surface area contributed by atoms with Crippen LogP contribution in [0.15, 0.2) is 0 Å². The summed E-state index contributed by atoms with van der Waals surface area (Å²) < 4.78 is 0. The molecule has 1 fully saturated rings. The van der Waals surface area contributed by atoms with Crippen molar-refractivity contribution in [3.8, 4) is 0 Å². The largest absolute Gasteiger partial charge is 0.341 e. The van der Waals surface area contributed by atoms with Gasteiger partial charge < -0.3 is 10.6 Å². The van der Waals surface area contributed by atoms with Crippen LogP contribution in [0.4, 0.5) is 0 Å². The molecule has 0 spiro atoms. The van der Waals surface area contributed by atoms with Gasteiger partial charge in [-0.05, 0) is 25.7 Å². The normalized spacial score (nSPS) is 29.7. The third-order valence-corrected chi connectivity index (χ3v) is 3.19. The lowest BCUT2D eigenvalue weighted by molar-refractivity contribution is -0.133. The molecule has 2 unspecified atom stereocenters. The molecule has 1 rings (SSSR count). The van der Waals surface area contributed by atoms with Gasteiger partial charge in [-0.1, -0.05) is 19.8 Å². The maximum Gasteiger partial charge on any atom is 0.239 e. The van der Waals surface area contributed by atoms with E-state index in [0.29, 0.717) is 6.04 Å². The minimum Gasteiger partial charge on any atom is -0.341 e. The second kappa shape index (κ2) is 4.78. The fourth-order valence-electron chi connectivity index (χ4n) is 2.26. The molecule has 0 aromatic rings. The van der Waals surface area contributed by atoms with Gasteiger partial charge >= 0.3 is 0 Å². The molecule has 1 saturated carbocycles. The lowest BCUT2D eigenvalue weighted by atomic mass is 9.86. The van der Waals surface area contributed by atoms with E-state index in [4.69, 9.17) is 5.73 Å². The molecule has 2 N–H and O–H groups in total. The summed E-state index contributed by atoms with van der Waals surface area (Å²) in [5, 5.41) is 0. The molecule has 3 heteroatoms. The zero-order chi connectivity index (χ0) is 10.7. The molecule has 1 aliphatic carbocycles. The second-order valence-corrected chi connectivity index (χ2v) is 4.66. The van der Waals surface area contributed by atoms with E-state index in [2.05, 4.69) is 6.92 Å². The maximum absolute atomic E-state index is 11.6. The average Bonchev–Trinajstić information content (AvgIpc) is 2.15. The van der Waals surface area contributed by atoms with Crippen LogP contribution in [0.2, 0.25) is 0 Å². The predicted molar refractivity (Wildman–Crippen MR) is 57.8 cm³/mol. The average molecular weight is 198 g/mol. The first-order valence-corrected chi connectivity index (χ1v) is 5.54. The van der Waals surface area contributed by atoms with Gasteiger partial charge in [0.15, 0.2) is 0 Å². The summed E-state index contributed by atoms with van der Waals surface area (Å²) in [6.45, 7) is 4.02. The van der Waals surface area contributed by atoms with Crippen LogP contribution in [-0.4, -0.2) is 29.9 Å². The zero-order valence-corrected chi connectivity index (χ0v) is 9.49. The molecule has 0 aromatic carbocycles. The summed E-state index contributed by atoms with van der Waals surface area (Å²) in [4.78, 5) is 13.5. The fraction of sp³-hybridized carbons (Fsp3) is 0.909. The van der Waals surface area contributed by atoms with E-state index in [1.807, 2.05) is 11.9 Å². The van der Waals surface area contributed by atoms with E-state index in [1.165, 1.54) is 12.8 Å². The Hall–Kier alpha value is -0.570. The third-order valence-electron chi connectivity index (χ3n) is 3.19. The van der Waals surface area contributed by atoms with Gasteiger partial charge in [0.05, 0.1) is 6.04 Å². The van der Waals surface area contributed by atoms with Gasteiger partial charge in [-0.3, -0.25) is 4.79 Å². The molecule has 1 aliphatic rings. The van der Waals surface area contributed by atoms with Crippen LogP contribution in [-0.2, 0) is 4.79 Å². The van der Waals surface area contributed by atoms with Crippen molar-refractivity contribution in [1.82, 2.24) is 4.90 Å². The van der Waals surface area contributed by atoms with Crippen molar-refractivity contribution in [2.75, 3.05) is 7.05 Å². The first-order chi connectivity index (χ1) is 6.52. The van der Waals surface area contributed by atoms with Crippen LogP contribution in [0, 0.1) is 5.92 Å². The van der Waals surface area contributed by atoms with Crippen LogP contribution < -0.4 is 5.73 Å². The van der Waals surface area contributed by atoms with Crippen molar-refractivity contribution in [3.63, 3.8) is 0 Å². The predicted octanol–water partition coefficient (Wildman–Crippen LogP) is 1.37. The van der Waals surface area contributed by atoms with Gasteiger partial charge in [0.2, 0.25) is 5.91 Å². The highest BCUT2D eigenvalue weighted by atomic mass is 16.2. The Morgan fingerprint density at radius 1 is 1.50 bits per heavy atom. The summed E-state index contributed by atoms with van der Waals surface area (Å²) in [7, 11) is 1.88. The summed E-state index contributed by atoms with van der Waals surface area (Å²) in [6.07, 6.45) is 4.81. The zero-order valence-electron chi connectivity index (χ0n) is 9.49. The molecule has 1 amide bonds. The van der Waals surface area contributed by atoms with Gasteiger partial charge in [0.1, 0.15) is 0 Å². The molecule has 3 nitrogen and oxygen atoms in total. The first kappa shape index (κ1) is 11.5. The van der Waals surface area contributed by atoms with E-state index >= 15 is 0 Å². The molecular formula is C11H22N2O. The molecule has 0 aromatic heterocycles. The van der Waals surface area contributed by atoms with Crippen LogP contribution in [0.25, 0.3) is 0 Å². The van der Waals surface area contributed by atoms with Crippen LogP contribution >= 0.6 is 0 Å². The third kappa shape index (κ3) is 2.71. The monoisotopic (exact) mass is 198 g/mol. The minimum atomic E-state index is -0.364. The van der Waals surface area contributed by atoms with E-state index in [-0.39, 0.29) is 11.9 Å². The van der Waals surface area contributed by atoms with Gasteiger partial charge in [0, 0.05) is 13.1 Å². The molecule has 0 radical (unpaired) electrons. The Balaban J connectivity index is 2.51. The number of nitrogens with two attached hydrogens (primary N) is 1. The van der Waals surface area contributed by atoms with Crippen molar-refractivity contribution in [3.05, 3.63) is 0 Å². The Morgan fingerprint density at radius 2 is 2.14 bits per heavy atom. The Kier molecular flexibility index (Phi) is 3.93. The number of rotatable bonds is 2. The minimum absolute atomic E-state index is 0.0732. The summed E-state index contributed by atoms with van der Waals surface area (Å²) in [6, 6.07) is 0.0504. The lowest BCUT2D eigenvalue weighted by Gasteiger charge is -2.34. The van der Waals surface area contributed by atoms with Crippen molar-refractivity contribution >= 4 is 5.91 Å². The highest BCUT2D eigenvalue weighted by molar-refractivity contribution is 5.81. The van der Waals surface area contributed by atoms with Crippen molar-refractivity contribution in [2.24, 2.45) is 11.7 Å². The summed E-state index contributed by atoms with van der Waals surface area (Å²) in [5.74, 6) is 0.821. The van der Waals surface area contributed by atoms with Crippen molar-refractivity contribution in [2.45, 2.75) is 51.6 Å². The quantitative estimate of drug-likeness (QED) is 0.728. The molecule has 14 heavy (non-hydrogen) atoms. The molecule has 0 saturated heterocycles. The Labute approximate surface area is 86.6 Å². The first-order valence-electron chi connectivity index (χ1n) is 5.54. The standard InChI is InChI=1S/C11H22N2O/c1-8-5-4-6-10(7-8)13(3)11(14)9(2)12/h8-10H,4-7,12H2,1-3H3/t8?,9-,10?/m0/s1. The van der Waals surface area contributed by atoms with Crippen LogP contribution in [0.1, 0.15) is 39.5 Å². The highest BCUT2D eigenvalue weighted by Gasteiger charge is 2.26. The topological polar surface area (TPSA) is 46.3 Å². The SMILES string of the molecule is CC1CCCC(N(C)C(=O)[C@H](C)N)C1. The maximum atomic E-state index is 11.6. The van der Waals surface area contributed by atoms with E-state index in [9.17, 15) is 4.79 Å². The number of hydrogen-bond acceptors (Lipinski definition) is 2. The van der Waals surface area contributed by atoms with Gasteiger partial charge in [-0.25, -0.2) is 0 Å². The van der Waals surface area contributed by atoms with Gasteiger partial charge in [-0.15, -0.1) is 0 Å². The lowest BCUT2D eigenvalue weighted by Crippen LogP contribution is -2.46. The highest BCUT2D eigenvalue weighted by Crippen LogP contribution is 2.26. The molecule has 3 atom stereocenters. The van der Waals surface area contributed by atoms with Gasteiger partial charge in [-0.2, -0.15) is 0 Å². The fourth-order valence-corrected chi connectivity index (χ4v) is 2.26. The van der Waals surface area contributed by atoms with Gasteiger partial charge in [0.25, 0.3) is 0 Å². The Morgan fingerprint density at radius 3 is 2.64 bits per heavy atom. The summed E-state index contributed by atoms with van der Waals surface area (Å²) >= 11 is 0. The number of carbonyl (C=O) groups is 1. The summed E-state index contributed by atoms with van der Waals surface area (Å²) in [5.41, 5.74) is 5.59. The number of nitrogens with zero attached hydrogens (tertiary/aromatic N) is 1.